The number of nitrogens with zero attached hydrogens (tertiary/aromatic N) is 1. The Labute approximate surface area is 194 Å². The summed E-state index contributed by atoms with van der Waals surface area (Å²) in [5.41, 5.74) is 0.506. The predicted molar refractivity (Wildman–Crippen MR) is 124 cm³/mol. The highest BCUT2D eigenvalue weighted by molar-refractivity contribution is 7.92. The number of ether oxygens (including phenoxy) is 2. The van der Waals surface area contributed by atoms with Crippen molar-refractivity contribution < 1.29 is 27.1 Å². The molecular formula is C23H30FN3O5S. The standard InChI is InChI=1S/C23H30FN3O5S/c1-15-12-25-16(2)14-32-21-11-18(26-33(29,30)19-7-5-6-17(24)10-19)8-9-20(21)23(28)27(3)13-22(15)31-4/h5-11,15-16,22,25-26H,12-14H2,1-4H3/t15-,16+,22+/m1/s1. The van der Waals surface area contributed by atoms with E-state index < -0.39 is 15.8 Å². The number of likely N-dealkylation sites (N-methyl/N-ethyl adjacent to an activating group) is 1. The molecule has 3 atom stereocenters. The van der Waals surface area contributed by atoms with Crippen LogP contribution >= 0.6 is 0 Å². The number of nitrogens with one attached hydrogen (secondary N) is 2. The number of fused-ring (bicyclic) bond motifs is 1. The van der Waals surface area contributed by atoms with Gasteiger partial charge in [0.05, 0.1) is 22.3 Å². The maximum Gasteiger partial charge on any atom is 0.261 e. The first-order valence-corrected chi connectivity index (χ1v) is 12.2. The van der Waals surface area contributed by atoms with Crippen LogP contribution in [0, 0.1) is 11.7 Å². The van der Waals surface area contributed by atoms with Gasteiger partial charge in [-0.15, -0.1) is 0 Å². The summed E-state index contributed by atoms with van der Waals surface area (Å²) in [6, 6.07) is 9.18. The van der Waals surface area contributed by atoms with E-state index in [-0.39, 0.29) is 46.9 Å². The Morgan fingerprint density at radius 3 is 2.67 bits per heavy atom. The van der Waals surface area contributed by atoms with Gasteiger partial charge in [-0.3, -0.25) is 9.52 Å². The van der Waals surface area contributed by atoms with E-state index in [1.807, 2.05) is 6.92 Å². The fraction of sp³-hybridized carbons (Fsp3) is 0.435. The van der Waals surface area contributed by atoms with E-state index in [9.17, 15) is 17.6 Å². The number of halogens is 1. The molecule has 1 aliphatic rings. The van der Waals surface area contributed by atoms with Crippen LogP contribution in [0.5, 0.6) is 5.75 Å². The normalized spacial score (nSPS) is 22.5. The first kappa shape index (κ1) is 24.9. The van der Waals surface area contributed by atoms with Crippen molar-refractivity contribution in [2.24, 2.45) is 5.92 Å². The van der Waals surface area contributed by atoms with E-state index in [0.717, 1.165) is 6.07 Å². The Hall–Kier alpha value is -2.69. The van der Waals surface area contributed by atoms with Crippen LogP contribution in [0.1, 0.15) is 24.2 Å². The third-order valence-electron chi connectivity index (χ3n) is 5.59. The minimum absolute atomic E-state index is 0.0160. The molecule has 0 unspecified atom stereocenters. The van der Waals surface area contributed by atoms with Gasteiger partial charge in [0, 0.05) is 39.4 Å². The van der Waals surface area contributed by atoms with Gasteiger partial charge in [-0.25, -0.2) is 12.8 Å². The molecule has 2 aromatic carbocycles. The molecular weight excluding hydrogens is 449 g/mol. The minimum atomic E-state index is -4.02. The Morgan fingerprint density at radius 2 is 1.97 bits per heavy atom. The molecule has 10 heteroatoms. The van der Waals surface area contributed by atoms with Gasteiger partial charge in [-0.1, -0.05) is 13.0 Å². The maximum absolute atomic E-state index is 13.5. The largest absolute Gasteiger partial charge is 0.491 e. The van der Waals surface area contributed by atoms with Crippen molar-refractivity contribution in [1.29, 1.82) is 0 Å². The van der Waals surface area contributed by atoms with Crippen LogP contribution in [0.3, 0.4) is 0 Å². The van der Waals surface area contributed by atoms with Crippen LogP contribution in [0.2, 0.25) is 0 Å². The molecule has 0 fully saturated rings. The van der Waals surface area contributed by atoms with Crippen LogP contribution in [-0.2, 0) is 14.8 Å². The summed E-state index contributed by atoms with van der Waals surface area (Å²) in [6.45, 7) is 5.37. The van der Waals surface area contributed by atoms with Crippen molar-refractivity contribution in [2.75, 3.05) is 38.6 Å². The molecule has 0 saturated carbocycles. The van der Waals surface area contributed by atoms with Gasteiger partial charge in [0.1, 0.15) is 18.2 Å². The van der Waals surface area contributed by atoms with E-state index in [2.05, 4.69) is 17.0 Å². The SMILES string of the molecule is CO[C@H]1CN(C)C(=O)c2ccc(NS(=O)(=O)c3cccc(F)c3)cc2OC[C@H](C)NC[C@H]1C. The van der Waals surface area contributed by atoms with Gasteiger partial charge >= 0.3 is 0 Å². The Kier molecular flexibility index (Phi) is 7.93. The molecule has 8 nitrogen and oxygen atoms in total. The van der Waals surface area contributed by atoms with E-state index in [1.54, 1.807) is 19.1 Å². The predicted octanol–water partition coefficient (Wildman–Crippen LogP) is 2.72. The number of sulfonamides is 1. The number of rotatable bonds is 4. The van der Waals surface area contributed by atoms with Gasteiger partial charge in [-0.2, -0.15) is 0 Å². The molecule has 1 aliphatic heterocycles. The molecule has 0 saturated heterocycles. The lowest BCUT2D eigenvalue weighted by atomic mass is 10.0. The van der Waals surface area contributed by atoms with E-state index >= 15 is 0 Å². The molecule has 0 aromatic heterocycles. The van der Waals surface area contributed by atoms with Crippen LogP contribution < -0.4 is 14.8 Å². The van der Waals surface area contributed by atoms with Crippen molar-refractivity contribution in [3.8, 4) is 5.75 Å². The summed E-state index contributed by atoms with van der Waals surface area (Å²) < 4.78 is 52.8. The molecule has 0 spiro atoms. The smallest absolute Gasteiger partial charge is 0.261 e. The molecule has 0 aliphatic carbocycles. The van der Waals surface area contributed by atoms with Crippen molar-refractivity contribution in [3.05, 3.63) is 53.8 Å². The Morgan fingerprint density at radius 1 is 1.21 bits per heavy atom. The molecule has 1 amide bonds. The number of amides is 1. The van der Waals surface area contributed by atoms with E-state index in [0.29, 0.717) is 18.7 Å². The van der Waals surface area contributed by atoms with Crippen molar-refractivity contribution in [3.63, 3.8) is 0 Å². The zero-order valence-electron chi connectivity index (χ0n) is 19.2. The molecule has 2 N–H and O–H groups in total. The number of methoxy groups -OCH3 is 1. The van der Waals surface area contributed by atoms with Gasteiger partial charge in [0.25, 0.3) is 15.9 Å². The van der Waals surface area contributed by atoms with Crippen LogP contribution in [0.15, 0.2) is 47.4 Å². The van der Waals surface area contributed by atoms with Gasteiger partial charge in [0.2, 0.25) is 0 Å². The van der Waals surface area contributed by atoms with Crippen LogP contribution in [-0.4, -0.2) is 65.2 Å². The third-order valence-corrected chi connectivity index (χ3v) is 6.96. The highest BCUT2D eigenvalue weighted by Crippen LogP contribution is 2.27. The lowest BCUT2D eigenvalue weighted by Gasteiger charge is -2.30. The van der Waals surface area contributed by atoms with Gasteiger partial charge < -0.3 is 19.7 Å². The minimum Gasteiger partial charge on any atom is -0.491 e. The molecule has 3 rings (SSSR count). The van der Waals surface area contributed by atoms with Crippen molar-refractivity contribution in [2.45, 2.75) is 30.9 Å². The second kappa shape index (κ2) is 10.5. The third kappa shape index (κ3) is 6.21. The molecule has 1 heterocycles. The average molecular weight is 480 g/mol. The number of carbonyl (C=O) groups is 1. The molecule has 180 valence electrons. The van der Waals surface area contributed by atoms with Crippen molar-refractivity contribution in [1.82, 2.24) is 10.2 Å². The molecule has 2 aromatic rings. The number of carbonyl (C=O) groups excluding carboxylic acids is 1. The fourth-order valence-corrected chi connectivity index (χ4v) is 4.65. The second-order valence-corrected chi connectivity index (χ2v) is 10.0. The fourth-order valence-electron chi connectivity index (χ4n) is 3.57. The average Bonchev–Trinajstić information content (AvgIpc) is 2.78. The topological polar surface area (TPSA) is 97.0 Å². The highest BCUT2D eigenvalue weighted by Gasteiger charge is 2.26. The van der Waals surface area contributed by atoms with Gasteiger partial charge in [0.15, 0.2) is 0 Å². The number of hydrogen-bond donors (Lipinski definition) is 2. The first-order chi connectivity index (χ1) is 15.6. The van der Waals surface area contributed by atoms with E-state index in [4.69, 9.17) is 9.47 Å². The van der Waals surface area contributed by atoms with E-state index in [1.165, 1.54) is 36.4 Å². The molecule has 0 radical (unpaired) electrons. The summed E-state index contributed by atoms with van der Waals surface area (Å²) in [6.07, 6.45) is -0.153. The first-order valence-electron chi connectivity index (χ1n) is 10.7. The quantitative estimate of drug-likeness (QED) is 0.700. The summed E-state index contributed by atoms with van der Waals surface area (Å²) in [5, 5.41) is 3.40. The molecule has 0 bridgehead atoms. The summed E-state index contributed by atoms with van der Waals surface area (Å²) in [7, 11) is -0.708. The van der Waals surface area contributed by atoms with Crippen LogP contribution in [0.25, 0.3) is 0 Å². The Bertz CT molecular complexity index is 1100. The number of anilines is 1. The zero-order chi connectivity index (χ0) is 24.2. The second-order valence-electron chi connectivity index (χ2n) is 8.33. The van der Waals surface area contributed by atoms with Gasteiger partial charge in [-0.05, 0) is 43.2 Å². The highest BCUT2D eigenvalue weighted by atomic mass is 32.2. The summed E-state index contributed by atoms with van der Waals surface area (Å²) >= 11 is 0. The lowest BCUT2D eigenvalue weighted by molar-refractivity contribution is 0.0281. The monoisotopic (exact) mass is 479 g/mol. The lowest BCUT2D eigenvalue weighted by Crippen LogP contribution is -2.44. The summed E-state index contributed by atoms with van der Waals surface area (Å²) in [5.74, 6) is -0.494. The molecule has 33 heavy (non-hydrogen) atoms. The number of benzene rings is 2. The summed E-state index contributed by atoms with van der Waals surface area (Å²) in [4.78, 5) is 14.5. The van der Waals surface area contributed by atoms with Crippen molar-refractivity contribution >= 4 is 21.6 Å². The van der Waals surface area contributed by atoms with Crippen LogP contribution in [0.4, 0.5) is 10.1 Å². The Balaban J connectivity index is 1.92. The maximum atomic E-state index is 13.5. The zero-order valence-corrected chi connectivity index (χ0v) is 20.0. The number of hydrogen-bond acceptors (Lipinski definition) is 6.